The summed E-state index contributed by atoms with van der Waals surface area (Å²) in [6, 6.07) is 10.1. The number of nitrogens with zero attached hydrogens (tertiary/aromatic N) is 2. The highest BCUT2D eigenvalue weighted by Crippen LogP contribution is 2.17. The van der Waals surface area contributed by atoms with E-state index in [1.54, 1.807) is 12.3 Å². The highest BCUT2D eigenvalue weighted by molar-refractivity contribution is 5.36. The summed E-state index contributed by atoms with van der Waals surface area (Å²) in [5.74, 6) is 0.223. The van der Waals surface area contributed by atoms with Gasteiger partial charge in [-0.1, -0.05) is 12.1 Å². The molecule has 3 rings (SSSR count). The molecule has 1 aromatic heterocycles. The molecule has 1 aliphatic rings. The fourth-order valence-electron chi connectivity index (χ4n) is 3.22. The number of nitrogens with two attached hydrogens (primary N) is 3. The minimum absolute atomic E-state index is 0.179. The van der Waals surface area contributed by atoms with Crippen LogP contribution in [0.1, 0.15) is 24.8 Å². The summed E-state index contributed by atoms with van der Waals surface area (Å²) >= 11 is 0. The molecule has 0 amide bonds. The molecule has 1 aliphatic carbocycles. The van der Waals surface area contributed by atoms with E-state index in [0.29, 0.717) is 6.04 Å². The Hall–Kier alpha value is -2.22. The molecular formula is C17H24N6O. The number of hydrogen-bond acceptors (Lipinski definition) is 6. The van der Waals surface area contributed by atoms with Gasteiger partial charge in [0.1, 0.15) is 5.82 Å². The molecule has 1 fully saturated rings. The van der Waals surface area contributed by atoms with Crippen LogP contribution in [0.25, 0.3) is 5.69 Å². The number of benzene rings is 1. The summed E-state index contributed by atoms with van der Waals surface area (Å²) in [5, 5.41) is 3.52. The normalized spacial score (nSPS) is 24.0. The van der Waals surface area contributed by atoms with Crippen LogP contribution in [0.15, 0.2) is 41.3 Å². The molecule has 2 aromatic rings. The molecule has 0 radical (unpaired) electrons. The predicted octanol–water partition coefficient (Wildman–Crippen LogP) is 0.111. The summed E-state index contributed by atoms with van der Waals surface area (Å²) in [6.45, 7) is 0.749. The van der Waals surface area contributed by atoms with Crippen molar-refractivity contribution in [2.75, 3.05) is 5.73 Å². The highest BCUT2D eigenvalue weighted by Gasteiger charge is 2.23. The fraction of sp³-hybridized carbons (Fsp3) is 0.412. The lowest BCUT2D eigenvalue weighted by atomic mass is 9.88. The summed E-state index contributed by atoms with van der Waals surface area (Å²) in [4.78, 5) is 15.6. The minimum Gasteiger partial charge on any atom is -0.383 e. The Kier molecular flexibility index (Phi) is 4.94. The Balaban J connectivity index is 1.63. The van der Waals surface area contributed by atoms with Crippen molar-refractivity contribution in [3.63, 3.8) is 0 Å². The van der Waals surface area contributed by atoms with Gasteiger partial charge in [-0.3, -0.25) is 4.57 Å². The summed E-state index contributed by atoms with van der Waals surface area (Å²) in [7, 11) is 0. The van der Waals surface area contributed by atoms with E-state index in [9.17, 15) is 4.79 Å². The number of anilines is 1. The van der Waals surface area contributed by atoms with Crippen LogP contribution in [-0.2, 0) is 6.54 Å². The van der Waals surface area contributed by atoms with E-state index < -0.39 is 0 Å². The SMILES string of the molecule is Nc1ccn(-c2ccc(CN[C@@H]3C[C@H](N)C[C@H](N)C3)cc2)c(=O)n1. The predicted molar refractivity (Wildman–Crippen MR) is 94.7 cm³/mol. The molecule has 0 saturated heterocycles. The Morgan fingerprint density at radius 3 is 2.38 bits per heavy atom. The molecule has 24 heavy (non-hydrogen) atoms. The molecule has 128 valence electrons. The van der Waals surface area contributed by atoms with E-state index in [2.05, 4.69) is 10.3 Å². The molecule has 0 unspecified atom stereocenters. The molecule has 7 heteroatoms. The third-order valence-corrected chi connectivity index (χ3v) is 4.41. The molecule has 7 nitrogen and oxygen atoms in total. The van der Waals surface area contributed by atoms with Gasteiger partial charge in [0.15, 0.2) is 0 Å². The number of hydrogen-bond donors (Lipinski definition) is 4. The molecule has 1 aromatic carbocycles. The van der Waals surface area contributed by atoms with Crippen molar-refractivity contribution < 1.29 is 0 Å². The van der Waals surface area contributed by atoms with Gasteiger partial charge in [0, 0.05) is 30.9 Å². The zero-order valence-electron chi connectivity index (χ0n) is 13.6. The van der Waals surface area contributed by atoms with Crippen LogP contribution in [0.2, 0.25) is 0 Å². The Labute approximate surface area is 140 Å². The maximum atomic E-state index is 11.9. The number of nitrogen functional groups attached to an aromatic ring is 1. The van der Waals surface area contributed by atoms with Gasteiger partial charge in [-0.25, -0.2) is 4.79 Å². The van der Waals surface area contributed by atoms with Crippen molar-refractivity contribution in [2.45, 2.75) is 43.9 Å². The third-order valence-electron chi connectivity index (χ3n) is 4.41. The van der Waals surface area contributed by atoms with Gasteiger partial charge in [-0.05, 0) is 43.0 Å². The van der Waals surface area contributed by atoms with Gasteiger partial charge in [0.05, 0.1) is 5.69 Å². The monoisotopic (exact) mass is 328 g/mol. The average molecular weight is 328 g/mol. The molecule has 7 N–H and O–H groups in total. The minimum atomic E-state index is -0.383. The van der Waals surface area contributed by atoms with Crippen molar-refractivity contribution in [2.24, 2.45) is 11.5 Å². The van der Waals surface area contributed by atoms with Crippen molar-refractivity contribution in [1.29, 1.82) is 0 Å². The summed E-state index contributed by atoms with van der Waals surface area (Å²) in [5.41, 5.74) is 19.1. The van der Waals surface area contributed by atoms with E-state index >= 15 is 0 Å². The smallest absolute Gasteiger partial charge is 0.354 e. The topological polar surface area (TPSA) is 125 Å². The van der Waals surface area contributed by atoms with Crippen LogP contribution in [0, 0.1) is 0 Å². The summed E-state index contributed by atoms with van der Waals surface area (Å²) < 4.78 is 1.47. The fourth-order valence-corrected chi connectivity index (χ4v) is 3.22. The van der Waals surface area contributed by atoms with E-state index in [1.165, 1.54) is 4.57 Å². The van der Waals surface area contributed by atoms with Crippen LogP contribution >= 0.6 is 0 Å². The van der Waals surface area contributed by atoms with Crippen LogP contribution < -0.4 is 28.2 Å². The van der Waals surface area contributed by atoms with Crippen LogP contribution in [0.3, 0.4) is 0 Å². The lowest BCUT2D eigenvalue weighted by Crippen LogP contribution is -2.47. The van der Waals surface area contributed by atoms with Gasteiger partial charge in [-0.2, -0.15) is 4.98 Å². The Morgan fingerprint density at radius 1 is 1.08 bits per heavy atom. The van der Waals surface area contributed by atoms with Crippen molar-refractivity contribution >= 4 is 5.82 Å². The maximum absolute atomic E-state index is 11.9. The van der Waals surface area contributed by atoms with Crippen LogP contribution in [0.4, 0.5) is 5.82 Å². The highest BCUT2D eigenvalue weighted by atomic mass is 16.1. The average Bonchev–Trinajstić information content (AvgIpc) is 2.53. The number of nitrogens with one attached hydrogen (secondary N) is 1. The third kappa shape index (κ3) is 4.00. The molecule has 0 spiro atoms. The van der Waals surface area contributed by atoms with Crippen molar-refractivity contribution in [1.82, 2.24) is 14.9 Å². The number of aromatic nitrogens is 2. The molecular weight excluding hydrogens is 304 g/mol. The van der Waals surface area contributed by atoms with Crippen LogP contribution in [0.5, 0.6) is 0 Å². The first-order valence-corrected chi connectivity index (χ1v) is 8.20. The quantitative estimate of drug-likeness (QED) is 0.631. The van der Waals surface area contributed by atoms with E-state index in [4.69, 9.17) is 17.2 Å². The first kappa shape index (κ1) is 16.6. The van der Waals surface area contributed by atoms with Gasteiger partial charge in [0.25, 0.3) is 0 Å². The molecule has 0 aliphatic heterocycles. The van der Waals surface area contributed by atoms with E-state index in [0.717, 1.165) is 37.1 Å². The van der Waals surface area contributed by atoms with Gasteiger partial charge < -0.3 is 22.5 Å². The van der Waals surface area contributed by atoms with Gasteiger partial charge in [-0.15, -0.1) is 0 Å². The van der Waals surface area contributed by atoms with Crippen LogP contribution in [-0.4, -0.2) is 27.7 Å². The zero-order chi connectivity index (χ0) is 17.1. The lowest BCUT2D eigenvalue weighted by Gasteiger charge is -2.31. The summed E-state index contributed by atoms with van der Waals surface area (Å²) in [6.07, 6.45) is 4.44. The van der Waals surface area contributed by atoms with Gasteiger partial charge in [0.2, 0.25) is 0 Å². The molecule has 1 saturated carbocycles. The first-order chi connectivity index (χ1) is 11.5. The van der Waals surface area contributed by atoms with Crippen molar-refractivity contribution in [3.05, 3.63) is 52.6 Å². The van der Waals surface area contributed by atoms with Gasteiger partial charge >= 0.3 is 5.69 Å². The second-order valence-electron chi connectivity index (χ2n) is 6.48. The maximum Gasteiger partial charge on any atom is 0.354 e. The molecule has 1 heterocycles. The standard InChI is InChI=1S/C17H24N6O/c18-12-7-13(19)9-14(8-12)21-10-11-1-3-15(4-2-11)23-6-5-16(20)22-17(23)24/h1-6,12-14,21H,7-10,18-19H2,(H2,20,22,24)/t12-,13+,14-. The largest absolute Gasteiger partial charge is 0.383 e. The molecule has 0 bridgehead atoms. The second kappa shape index (κ2) is 7.12. The first-order valence-electron chi connectivity index (χ1n) is 8.20. The Bertz CT molecular complexity index is 731. The molecule has 3 atom stereocenters. The van der Waals surface area contributed by atoms with Crippen molar-refractivity contribution in [3.8, 4) is 5.69 Å². The Morgan fingerprint density at radius 2 is 1.75 bits per heavy atom. The lowest BCUT2D eigenvalue weighted by molar-refractivity contribution is 0.307. The number of rotatable bonds is 4. The second-order valence-corrected chi connectivity index (χ2v) is 6.48. The zero-order valence-corrected chi connectivity index (χ0v) is 13.6. The van der Waals surface area contributed by atoms with E-state index in [1.807, 2.05) is 24.3 Å². The van der Waals surface area contributed by atoms with E-state index in [-0.39, 0.29) is 23.6 Å².